The molecule has 0 amide bonds. The number of benzene rings is 2. The van der Waals surface area contributed by atoms with E-state index in [1.54, 1.807) is 0 Å². The van der Waals surface area contributed by atoms with Gasteiger partial charge in [0.25, 0.3) is 5.69 Å². The van der Waals surface area contributed by atoms with Crippen molar-refractivity contribution in [2.45, 2.75) is 13.0 Å². The van der Waals surface area contributed by atoms with Gasteiger partial charge >= 0.3 is 0 Å². The molecule has 0 aliphatic rings. The lowest BCUT2D eigenvalue weighted by Crippen LogP contribution is -1.99. The van der Waals surface area contributed by atoms with Gasteiger partial charge in [0, 0.05) is 16.1 Å². The van der Waals surface area contributed by atoms with E-state index in [4.69, 9.17) is 4.74 Å². The molecule has 0 aliphatic carbocycles. The number of aliphatic hydroxyl groups is 1. The maximum absolute atomic E-state index is 13.9. The van der Waals surface area contributed by atoms with Crippen molar-refractivity contribution in [2.75, 3.05) is 0 Å². The molecule has 0 heterocycles. The Morgan fingerprint density at radius 1 is 1.38 bits per heavy atom. The van der Waals surface area contributed by atoms with Crippen LogP contribution in [0.5, 0.6) is 11.5 Å². The molecular weight excluding hydrogens is 345 g/mol. The Kier molecular flexibility index (Phi) is 4.54. The second-order valence-corrected chi connectivity index (χ2v) is 5.25. The van der Waals surface area contributed by atoms with Crippen molar-refractivity contribution in [1.82, 2.24) is 0 Å². The standard InChI is InChI=1S/C14H11BrFNO4/c1-8(18)12-3-2-4-13(16)14(12)21-11-6-9(15)5-10(7-11)17(19)20/h2-8,18H,1H3/t8-/m1/s1. The van der Waals surface area contributed by atoms with Crippen LogP contribution in [0.3, 0.4) is 0 Å². The van der Waals surface area contributed by atoms with E-state index in [2.05, 4.69) is 15.9 Å². The van der Waals surface area contributed by atoms with Gasteiger partial charge in [-0.3, -0.25) is 10.1 Å². The van der Waals surface area contributed by atoms with Gasteiger partial charge in [-0.05, 0) is 19.1 Å². The minimum atomic E-state index is -0.933. The van der Waals surface area contributed by atoms with Gasteiger partial charge in [0.15, 0.2) is 11.6 Å². The van der Waals surface area contributed by atoms with Gasteiger partial charge < -0.3 is 9.84 Å². The second-order valence-electron chi connectivity index (χ2n) is 4.34. The summed E-state index contributed by atoms with van der Waals surface area (Å²) in [6.07, 6.45) is -0.933. The molecule has 110 valence electrons. The maximum Gasteiger partial charge on any atom is 0.274 e. The minimum Gasteiger partial charge on any atom is -0.454 e. The van der Waals surface area contributed by atoms with Crippen LogP contribution in [0.2, 0.25) is 0 Å². The molecule has 1 N–H and O–H groups in total. The molecule has 5 nitrogen and oxygen atoms in total. The molecule has 0 saturated carbocycles. The van der Waals surface area contributed by atoms with Crippen LogP contribution >= 0.6 is 15.9 Å². The summed E-state index contributed by atoms with van der Waals surface area (Å²) < 4.78 is 19.7. The van der Waals surface area contributed by atoms with Crippen molar-refractivity contribution >= 4 is 21.6 Å². The molecule has 1 atom stereocenters. The average Bonchev–Trinajstić information content (AvgIpc) is 2.40. The van der Waals surface area contributed by atoms with E-state index in [9.17, 15) is 19.6 Å². The Morgan fingerprint density at radius 3 is 2.71 bits per heavy atom. The molecule has 0 aromatic heterocycles. The maximum atomic E-state index is 13.9. The van der Waals surface area contributed by atoms with Crippen molar-refractivity contribution in [3.05, 3.63) is 62.4 Å². The summed E-state index contributed by atoms with van der Waals surface area (Å²) in [6, 6.07) is 8.13. The van der Waals surface area contributed by atoms with E-state index in [1.807, 2.05) is 0 Å². The normalized spacial score (nSPS) is 12.0. The molecule has 2 aromatic carbocycles. The first-order chi connectivity index (χ1) is 9.88. The summed E-state index contributed by atoms with van der Waals surface area (Å²) in [7, 11) is 0. The summed E-state index contributed by atoms with van der Waals surface area (Å²) in [5, 5.41) is 20.5. The lowest BCUT2D eigenvalue weighted by molar-refractivity contribution is -0.385. The van der Waals surface area contributed by atoms with Crippen molar-refractivity contribution in [2.24, 2.45) is 0 Å². The molecule has 0 fully saturated rings. The molecule has 2 aromatic rings. The van der Waals surface area contributed by atoms with Crippen LogP contribution in [0.25, 0.3) is 0 Å². The van der Waals surface area contributed by atoms with Crippen LogP contribution in [0.4, 0.5) is 10.1 Å². The Bertz CT molecular complexity index is 691. The first-order valence-corrected chi connectivity index (χ1v) is 6.77. The summed E-state index contributed by atoms with van der Waals surface area (Å²) >= 11 is 3.13. The average molecular weight is 356 g/mol. The van der Waals surface area contributed by atoms with Crippen LogP contribution in [-0.4, -0.2) is 10.0 Å². The minimum absolute atomic E-state index is 0.100. The zero-order valence-electron chi connectivity index (χ0n) is 10.9. The van der Waals surface area contributed by atoms with Gasteiger partial charge in [-0.25, -0.2) is 4.39 Å². The number of nitro benzene ring substituents is 1. The first kappa shape index (κ1) is 15.4. The van der Waals surface area contributed by atoms with Gasteiger partial charge in [-0.15, -0.1) is 0 Å². The van der Waals surface area contributed by atoms with E-state index in [1.165, 1.54) is 43.3 Å². The fourth-order valence-electron chi connectivity index (χ4n) is 1.79. The SMILES string of the molecule is C[C@@H](O)c1cccc(F)c1Oc1cc(Br)cc([N+](=O)[O-])c1. The number of para-hydroxylation sites is 1. The number of aliphatic hydroxyl groups excluding tert-OH is 1. The first-order valence-electron chi connectivity index (χ1n) is 5.98. The molecule has 0 spiro atoms. The highest BCUT2D eigenvalue weighted by Gasteiger charge is 2.17. The molecule has 0 unspecified atom stereocenters. The zero-order chi connectivity index (χ0) is 15.6. The molecule has 0 radical (unpaired) electrons. The number of non-ortho nitro benzene ring substituents is 1. The van der Waals surface area contributed by atoms with Gasteiger partial charge in [0.2, 0.25) is 0 Å². The molecule has 0 saturated heterocycles. The third-order valence-electron chi connectivity index (χ3n) is 2.73. The molecule has 2 rings (SSSR count). The van der Waals surface area contributed by atoms with Crippen LogP contribution < -0.4 is 4.74 Å². The second kappa shape index (κ2) is 6.19. The Labute approximate surface area is 128 Å². The molecule has 21 heavy (non-hydrogen) atoms. The largest absolute Gasteiger partial charge is 0.454 e. The van der Waals surface area contributed by atoms with E-state index in [0.29, 0.717) is 4.47 Å². The van der Waals surface area contributed by atoms with Crippen molar-refractivity contribution < 1.29 is 19.2 Å². The number of nitrogens with zero attached hydrogens (tertiary/aromatic N) is 1. The van der Waals surface area contributed by atoms with E-state index in [-0.39, 0.29) is 22.7 Å². The fraction of sp³-hybridized carbons (Fsp3) is 0.143. The third-order valence-corrected chi connectivity index (χ3v) is 3.19. The van der Waals surface area contributed by atoms with Gasteiger partial charge in [-0.2, -0.15) is 0 Å². The predicted molar refractivity (Wildman–Crippen MR) is 77.9 cm³/mol. The number of hydrogen-bond donors (Lipinski definition) is 1. The van der Waals surface area contributed by atoms with Gasteiger partial charge in [-0.1, -0.05) is 28.1 Å². The molecule has 7 heteroatoms. The number of hydrogen-bond acceptors (Lipinski definition) is 4. The molecule has 0 aliphatic heterocycles. The third kappa shape index (κ3) is 3.56. The lowest BCUT2D eigenvalue weighted by atomic mass is 10.1. The molecular formula is C14H11BrFNO4. The fourth-order valence-corrected chi connectivity index (χ4v) is 2.25. The zero-order valence-corrected chi connectivity index (χ0v) is 12.5. The highest BCUT2D eigenvalue weighted by molar-refractivity contribution is 9.10. The van der Waals surface area contributed by atoms with Crippen LogP contribution in [-0.2, 0) is 0 Å². The summed E-state index contributed by atoms with van der Waals surface area (Å²) in [6.45, 7) is 1.48. The van der Waals surface area contributed by atoms with Crippen molar-refractivity contribution in [1.29, 1.82) is 0 Å². The van der Waals surface area contributed by atoms with Crippen LogP contribution in [0.15, 0.2) is 40.9 Å². The quantitative estimate of drug-likeness (QED) is 0.653. The molecule has 0 bridgehead atoms. The topological polar surface area (TPSA) is 72.6 Å². The smallest absolute Gasteiger partial charge is 0.274 e. The number of rotatable bonds is 4. The summed E-state index contributed by atoms with van der Waals surface area (Å²) in [5.41, 5.74) is 0.0759. The van der Waals surface area contributed by atoms with Gasteiger partial charge in [0.05, 0.1) is 17.1 Å². The number of ether oxygens (including phenoxy) is 1. The highest BCUT2D eigenvalue weighted by Crippen LogP contribution is 2.35. The Balaban J connectivity index is 2.45. The number of halogens is 2. The Hall–Kier alpha value is -1.99. The van der Waals surface area contributed by atoms with Gasteiger partial charge in [0.1, 0.15) is 5.75 Å². The highest BCUT2D eigenvalue weighted by atomic mass is 79.9. The van der Waals surface area contributed by atoms with E-state index < -0.39 is 16.8 Å². The van der Waals surface area contributed by atoms with E-state index >= 15 is 0 Å². The van der Waals surface area contributed by atoms with Crippen molar-refractivity contribution in [3.63, 3.8) is 0 Å². The Morgan fingerprint density at radius 2 is 2.10 bits per heavy atom. The number of nitro groups is 1. The predicted octanol–water partition coefficient (Wildman–Crippen LogP) is 4.34. The van der Waals surface area contributed by atoms with Crippen LogP contribution in [0.1, 0.15) is 18.6 Å². The lowest BCUT2D eigenvalue weighted by Gasteiger charge is -2.14. The summed E-state index contributed by atoms with van der Waals surface area (Å²) in [4.78, 5) is 10.2. The van der Waals surface area contributed by atoms with Crippen LogP contribution in [0, 0.1) is 15.9 Å². The monoisotopic (exact) mass is 355 g/mol. The summed E-state index contributed by atoms with van der Waals surface area (Å²) in [5.74, 6) is -0.709. The van der Waals surface area contributed by atoms with E-state index in [0.717, 1.165) is 0 Å². The van der Waals surface area contributed by atoms with Crippen molar-refractivity contribution in [3.8, 4) is 11.5 Å².